The summed E-state index contributed by atoms with van der Waals surface area (Å²) in [6.45, 7) is 1.14. The number of thioether (sulfide) groups is 1. The maximum Gasteiger partial charge on any atom is 0.273 e. The number of amides is 1. The predicted molar refractivity (Wildman–Crippen MR) is 100 cm³/mol. The highest BCUT2D eigenvalue weighted by Gasteiger charge is 2.10. The van der Waals surface area contributed by atoms with Gasteiger partial charge in [0.15, 0.2) is 5.69 Å². The molecule has 3 aromatic rings. The van der Waals surface area contributed by atoms with Crippen molar-refractivity contribution in [2.24, 2.45) is 0 Å². The Labute approximate surface area is 155 Å². The number of aromatic nitrogens is 3. The number of nitrogens with zero attached hydrogens (tertiary/aromatic N) is 3. The van der Waals surface area contributed by atoms with Crippen molar-refractivity contribution in [3.8, 4) is 0 Å². The van der Waals surface area contributed by atoms with E-state index in [4.69, 9.17) is 11.6 Å². The fourth-order valence-electron chi connectivity index (χ4n) is 2.21. The molecule has 0 unspecified atom stereocenters. The summed E-state index contributed by atoms with van der Waals surface area (Å²) < 4.78 is 1.66. The highest BCUT2D eigenvalue weighted by Crippen LogP contribution is 2.19. The predicted octanol–water partition coefficient (Wildman–Crippen LogP) is 3.50. The largest absolute Gasteiger partial charge is 0.350 e. The van der Waals surface area contributed by atoms with Gasteiger partial charge >= 0.3 is 0 Å². The molecule has 0 spiro atoms. The van der Waals surface area contributed by atoms with Gasteiger partial charge in [0.1, 0.15) is 0 Å². The molecule has 0 bridgehead atoms. The topological polar surface area (TPSA) is 59.8 Å². The molecule has 128 valence electrons. The Bertz CT molecular complexity index is 821. The van der Waals surface area contributed by atoms with E-state index in [1.807, 2.05) is 54.6 Å². The summed E-state index contributed by atoms with van der Waals surface area (Å²) in [6.07, 6.45) is 1.66. The van der Waals surface area contributed by atoms with Crippen LogP contribution in [0.4, 0.5) is 0 Å². The van der Waals surface area contributed by atoms with Gasteiger partial charge in [0.05, 0.1) is 12.7 Å². The zero-order valence-corrected chi connectivity index (χ0v) is 15.0. The van der Waals surface area contributed by atoms with E-state index < -0.39 is 0 Å². The fraction of sp³-hybridized carbons (Fsp3) is 0.167. The Balaban J connectivity index is 1.44. The fourth-order valence-corrected chi connectivity index (χ4v) is 3.10. The first-order chi connectivity index (χ1) is 12.2. The quantitative estimate of drug-likeness (QED) is 0.509. The zero-order chi connectivity index (χ0) is 17.5. The van der Waals surface area contributed by atoms with Crippen molar-refractivity contribution in [2.45, 2.75) is 11.4 Å². The van der Waals surface area contributed by atoms with Crippen molar-refractivity contribution in [2.75, 3.05) is 12.3 Å². The molecule has 0 aliphatic heterocycles. The molecular weight excluding hydrogens is 356 g/mol. The van der Waals surface area contributed by atoms with Gasteiger partial charge in [-0.2, -0.15) is 0 Å². The molecule has 7 heteroatoms. The van der Waals surface area contributed by atoms with Gasteiger partial charge in [-0.1, -0.05) is 47.1 Å². The lowest BCUT2D eigenvalue weighted by Crippen LogP contribution is -2.26. The zero-order valence-electron chi connectivity index (χ0n) is 13.4. The normalized spacial score (nSPS) is 10.6. The van der Waals surface area contributed by atoms with E-state index in [0.717, 1.165) is 21.2 Å². The average Bonchev–Trinajstić information content (AvgIpc) is 3.09. The molecule has 2 aromatic carbocycles. The van der Waals surface area contributed by atoms with E-state index in [0.29, 0.717) is 18.8 Å². The van der Waals surface area contributed by atoms with Crippen LogP contribution in [0.1, 0.15) is 16.1 Å². The van der Waals surface area contributed by atoms with Crippen LogP contribution < -0.4 is 5.32 Å². The van der Waals surface area contributed by atoms with E-state index in [2.05, 4.69) is 15.6 Å². The van der Waals surface area contributed by atoms with E-state index in [1.54, 1.807) is 22.6 Å². The van der Waals surface area contributed by atoms with Crippen LogP contribution in [0.5, 0.6) is 0 Å². The number of carbonyl (C=O) groups is 1. The molecule has 0 atom stereocenters. The number of hydrogen-bond acceptors (Lipinski definition) is 4. The molecule has 0 fully saturated rings. The molecule has 1 amide bonds. The van der Waals surface area contributed by atoms with Crippen LogP contribution in [0.2, 0.25) is 5.02 Å². The Morgan fingerprint density at radius 3 is 2.64 bits per heavy atom. The molecule has 0 radical (unpaired) electrons. The van der Waals surface area contributed by atoms with Gasteiger partial charge in [-0.25, -0.2) is 4.68 Å². The van der Waals surface area contributed by atoms with Crippen molar-refractivity contribution in [1.29, 1.82) is 0 Å². The molecule has 5 nitrogen and oxygen atoms in total. The van der Waals surface area contributed by atoms with Crippen molar-refractivity contribution < 1.29 is 4.79 Å². The van der Waals surface area contributed by atoms with Crippen molar-refractivity contribution in [1.82, 2.24) is 20.3 Å². The maximum atomic E-state index is 12.1. The van der Waals surface area contributed by atoms with Crippen LogP contribution in [0, 0.1) is 0 Å². The van der Waals surface area contributed by atoms with Crippen LogP contribution in [-0.4, -0.2) is 33.2 Å². The van der Waals surface area contributed by atoms with Crippen LogP contribution in [0.3, 0.4) is 0 Å². The standard InChI is InChI=1S/C18H17ClN4OS/c19-15-6-8-16(9-7-15)25-11-10-20-18(24)17-13-23(22-21-17)12-14-4-2-1-3-5-14/h1-9,13H,10-12H2,(H,20,24). The minimum Gasteiger partial charge on any atom is -0.350 e. The van der Waals surface area contributed by atoms with Crippen LogP contribution in [-0.2, 0) is 6.54 Å². The summed E-state index contributed by atoms with van der Waals surface area (Å²) in [6, 6.07) is 17.6. The van der Waals surface area contributed by atoms with Gasteiger partial charge in [-0.15, -0.1) is 16.9 Å². The Hall–Kier alpha value is -2.31. The molecule has 1 heterocycles. The summed E-state index contributed by atoms with van der Waals surface area (Å²) in [7, 11) is 0. The maximum absolute atomic E-state index is 12.1. The third-order valence-corrected chi connectivity index (χ3v) is 4.69. The van der Waals surface area contributed by atoms with Crippen LogP contribution in [0.25, 0.3) is 0 Å². The van der Waals surface area contributed by atoms with Crippen molar-refractivity contribution in [3.05, 3.63) is 77.1 Å². The van der Waals surface area contributed by atoms with Gasteiger partial charge in [-0.05, 0) is 29.8 Å². The lowest BCUT2D eigenvalue weighted by atomic mass is 10.2. The summed E-state index contributed by atoms with van der Waals surface area (Å²) in [5.41, 5.74) is 1.44. The molecule has 3 rings (SSSR count). The second-order valence-corrected chi connectivity index (χ2v) is 6.95. The molecule has 0 aliphatic rings. The first kappa shape index (κ1) is 17.5. The van der Waals surface area contributed by atoms with Crippen molar-refractivity contribution >= 4 is 29.3 Å². The van der Waals surface area contributed by atoms with Gasteiger partial charge in [0.2, 0.25) is 0 Å². The highest BCUT2D eigenvalue weighted by atomic mass is 35.5. The molecule has 0 aliphatic carbocycles. The number of nitrogens with one attached hydrogen (secondary N) is 1. The first-order valence-corrected chi connectivity index (χ1v) is 9.18. The number of carbonyl (C=O) groups excluding carboxylic acids is 1. The Morgan fingerprint density at radius 2 is 1.88 bits per heavy atom. The molecule has 1 N–H and O–H groups in total. The number of hydrogen-bond donors (Lipinski definition) is 1. The third-order valence-electron chi connectivity index (χ3n) is 3.43. The van der Waals surface area contributed by atoms with E-state index >= 15 is 0 Å². The van der Waals surface area contributed by atoms with Crippen LogP contribution >= 0.6 is 23.4 Å². The van der Waals surface area contributed by atoms with Gasteiger partial charge in [0.25, 0.3) is 5.91 Å². The molecule has 1 aromatic heterocycles. The average molecular weight is 373 g/mol. The van der Waals surface area contributed by atoms with Crippen molar-refractivity contribution in [3.63, 3.8) is 0 Å². The second kappa shape index (κ2) is 8.69. The van der Waals surface area contributed by atoms with E-state index in [9.17, 15) is 4.79 Å². The lowest BCUT2D eigenvalue weighted by molar-refractivity contribution is 0.0951. The summed E-state index contributed by atoms with van der Waals surface area (Å²) in [5, 5.41) is 11.5. The number of rotatable bonds is 7. The van der Waals surface area contributed by atoms with E-state index in [-0.39, 0.29) is 5.91 Å². The lowest BCUT2D eigenvalue weighted by Gasteiger charge is -2.03. The monoisotopic (exact) mass is 372 g/mol. The van der Waals surface area contributed by atoms with E-state index in [1.165, 1.54) is 0 Å². The summed E-state index contributed by atoms with van der Waals surface area (Å²) in [5.74, 6) is 0.557. The SMILES string of the molecule is O=C(NCCSc1ccc(Cl)cc1)c1cn(Cc2ccccc2)nn1. The smallest absolute Gasteiger partial charge is 0.273 e. The minimum absolute atomic E-state index is 0.212. The molecule has 0 saturated heterocycles. The Morgan fingerprint density at radius 1 is 1.12 bits per heavy atom. The number of halogens is 1. The first-order valence-electron chi connectivity index (χ1n) is 7.81. The molecular formula is C18H17ClN4OS. The van der Waals surface area contributed by atoms with Gasteiger partial charge in [0, 0.05) is 22.2 Å². The molecule has 25 heavy (non-hydrogen) atoms. The summed E-state index contributed by atoms with van der Waals surface area (Å²) >= 11 is 7.51. The highest BCUT2D eigenvalue weighted by molar-refractivity contribution is 7.99. The van der Waals surface area contributed by atoms with Gasteiger partial charge < -0.3 is 5.32 Å². The van der Waals surface area contributed by atoms with Gasteiger partial charge in [-0.3, -0.25) is 4.79 Å². The second-order valence-electron chi connectivity index (χ2n) is 5.35. The number of benzene rings is 2. The molecule has 0 saturated carbocycles. The third kappa shape index (κ3) is 5.34. The summed E-state index contributed by atoms with van der Waals surface area (Å²) in [4.78, 5) is 13.2. The minimum atomic E-state index is -0.212. The van der Waals surface area contributed by atoms with Crippen LogP contribution in [0.15, 0.2) is 65.7 Å². The Kier molecular flexibility index (Phi) is 6.09.